The first-order valence-corrected chi connectivity index (χ1v) is 12.9. The number of hydrogen-bond donors (Lipinski definition) is 0. The smallest absolute Gasteiger partial charge is 0.0720 e. The molecular formula is C32H44N2O. The van der Waals surface area contributed by atoms with Crippen LogP contribution in [-0.4, -0.2) is 34.3 Å². The van der Waals surface area contributed by atoms with E-state index in [1.54, 1.807) is 0 Å². The zero-order valence-electron chi connectivity index (χ0n) is 23.2. The van der Waals surface area contributed by atoms with Crippen LogP contribution in [0.1, 0.15) is 74.8 Å². The van der Waals surface area contributed by atoms with Gasteiger partial charge in [0.25, 0.3) is 0 Å². The number of ether oxygens (including phenoxy) is 1. The third-order valence-corrected chi connectivity index (χ3v) is 6.95. The minimum absolute atomic E-state index is 0.0548. The maximum Gasteiger partial charge on any atom is 0.0720 e. The van der Waals surface area contributed by atoms with E-state index in [2.05, 4.69) is 133 Å². The van der Waals surface area contributed by atoms with E-state index in [1.807, 2.05) is 6.07 Å². The summed E-state index contributed by atoms with van der Waals surface area (Å²) in [5.41, 5.74) is 9.15. The van der Waals surface area contributed by atoms with Crippen molar-refractivity contribution in [3.05, 3.63) is 94.5 Å². The summed E-state index contributed by atoms with van der Waals surface area (Å²) in [6.07, 6.45) is 1.30. The Bertz CT molecular complexity index is 1040. The van der Waals surface area contributed by atoms with Crippen molar-refractivity contribution in [2.24, 2.45) is 0 Å². The zero-order chi connectivity index (χ0) is 25.8. The molecule has 0 amide bonds. The van der Waals surface area contributed by atoms with E-state index >= 15 is 0 Å². The van der Waals surface area contributed by atoms with Gasteiger partial charge in [-0.25, -0.2) is 0 Å². The highest BCUT2D eigenvalue weighted by Gasteiger charge is 2.40. The van der Waals surface area contributed by atoms with Crippen LogP contribution >= 0.6 is 0 Å². The second-order valence-electron chi connectivity index (χ2n) is 10.6. The number of fused-ring (bicyclic) bond motifs is 2. The summed E-state index contributed by atoms with van der Waals surface area (Å²) in [5.74, 6) is 0.198. The van der Waals surface area contributed by atoms with Gasteiger partial charge < -0.3 is 14.5 Å². The summed E-state index contributed by atoms with van der Waals surface area (Å²) in [4.78, 5) is 4.37. The van der Waals surface area contributed by atoms with Crippen LogP contribution in [0.5, 0.6) is 0 Å². The number of rotatable bonds is 6. The average molecular weight is 473 g/mol. The second kappa shape index (κ2) is 11.3. The largest absolute Gasteiger partial charge is 0.378 e. The van der Waals surface area contributed by atoms with Gasteiger partial charge in [-0.3, -0.25) is 0 Å². The number of nitrogens with zero attached hydrogens (tertiary/aromatic N) is 2. The fourth-order valence-corrected chi connectivity index (χ4v) is 4.99. The highest BCUT2D eigenvalue weighted by molar-refractivity contribution is 5.64. The van der Waals surface area contributed by atoms with E-state index in [9.17, 15) is 0 Å². The molecule has 0 radical (unpaired) electrons. The van der Waals surface area contributed by atoms with E-state index in [4.69, 9.17) is 4.74 Å². The molecule has 0 aliphatic heterocycles. The van der Waals surface area contributed by atoms with Gasteiger partial charge in [-0.05, 0) is 59.0 Å². The minimum Gasteiger partial charge on any atom is -0.378 e. The highest BCUT2D eigenvalue weighted by atomic mass is 16.5. The summed E-state index contributed by atoms with van der Waals surface area (Å²) >= 11 is 0. The lowest BCUT2D eigenvalue weighted by Crippen LogP contribution is -2.34. The monoisotopic (exact) mass is 472 g/mol. The Hall–Kier alpha value is -2.78. The molecule has 0 aromatic heterocycles. The molecule has 4 rings (SSSR count). The molecule has 0 N–H and O–H groups in total. The first kappa shape index (κ1) is 26.8. The van der Waals surface area contributed by atoms with E-state index in [0.29, 0.717) is 6.61 Å². The molecular weight excluding hydrogens is 428 g/mol. The molecule has 0 fully saturated rings. The van der Waals surface area contributed by atoms with E-state index in [1.165, 1.54) is 45.6 Å². The Kier molecular flexibility index (Phi) is 8.66. The van der Waals surface area contributed by atoms with Crippen molar-refractivity contribution in [2.45, 2.75) is 65.1 Å². The number of hydrogen-bond acceptors (Lipinski definition) is 3. The molecule has 0 saturated heterocycles. The van der Waals surface area contributed by atoms with Gasteiger partial charge in [-0.2, -0.15) is 0 Å². The first-order chi connectivity index (χ1) is 16.6. The lowest BCUT2D eigenvalue weighted by molar-refractivity contribution is 0.0413. The van der Waals surface area contributed by atoms with Gasteiger partial charge >= 0.3 is 0 Å². The topological polar surface area (TPSA) is 15.7 Å². The van der Waals surface area contributed by atoms with Crippen LogP contribution in [0, 0.1) is 0 Å². The summed E-state index contributed by atoms with van der Waals surface area (Å²) < 4.78 is 6.48. The van der Waals surface area contributed by atoms with Crippen molar-refractivity contribution in [1.82, 2.24) is 0 Å². The zero-order valence-corrected chi connectivity index (χ0v) is 23.2. The fraction of sp³-hybridized carbons (Fsp3) is 0.438. The fourth-order valence-electron chi connectivity index (χ4n) is 4.99. The SMILES string of the molecule is CC(OCc1ccccc1)C1c2ccc(N(C)C)cc2C(C)(C)c2cc(N(C)C)ccc21.CCC. The molecule has 1 aliphatic rings. The van der Waals surface area contributed by atoms with Crippen molar-refractivity contribution in [3.8, 4) is 0 Å². The molecule has 0 bridgehead atoms. The Morgan fingerprint density at radius 1 is 0.771 bits per heavy atom. The molecule has 0 heterocycles. The van der Waals surface area contributed by atoms with Gasteiger partial charge in [0.15, 0.2) is 0 Å². The summed E-state index contributed by atoms with van der Waals surface area (Å²) in [7, 11) is 8.44. The molecule has 1 unspecified atom stereocenters. The molecule has 3 heteroatoms. The molecule has 3 nitrogen and oxygen atoms in total. The lowest BCUT2D eigenvalue weighted by Gasteiger charge is -2.42. The van der Waals surface area contributed by atoms with Gasteiger partial charge in [-0.15, -0.1) is 0 Å². The molecule has 188 valence electrons. The lowest BCUT2D eigenvalue weighted by atomic mass is 9.64. The number of anilines is 2. The van der Waals surface area contributed by atoms with Crippen LogP contribution in [0.25, 0.3) is 0 Å². The first-order valence-electron chi connectivity index (χ1n) is 12.9. The van der Waals surface area contributed by atoms with Crippen molar-refractivity contribution in [2.75, 3.05) is 38.0 Å². The van der Waals surface area contributed by atoms with Gasteiger partial charge in [0.05, 0.1) is 12.7 Å². The summed E-state index contributed by atoms with van der Waals surface area (Å²) in [6.45, 7) is 11.8. The highest BCUT2D eigenvalue weighted by Crippen LogP contribution is 2.50. The van der Waals surface area contributed by atoms with Crippen LogP contribution in [0.2, 0.25) is 0 Å². The van der Waals surface area contributed by atoms with Crippen LogP contribution in [0.15, 0.2) is 66.7 Å². The maximum atomic E-state index is 6.48. The van der Waals surface area contributed by atoms with Crippen LogP contribution in [0.4, 0.5) is 11.4 Å². The van der Waals surface area contributed by atoms with E-state index in [-0.39, 0.29) is 17.4 Å². The van der Waals surface area contributed by atoms with Crippen molar-refractivity contribution >= 4 is 11.4 Å². The van der Waals surface area contributed by atoms with Crippen molar-refractivity contribution < 1.29 is 4.74 Å². The van der Waals surface area contributed by atoms with Gasteiger partial charge in [0.2, 0.25) is 0 Å². The second-order valence-corrected chi connectivity index (χ2v) is 10.6. The average Bonchev–Trinajstić information content (AvgIpc) is 2.83. The normalized spacial score (nSPS) is 14.8. The quantitative estimate of drug-likeness (QED) is 0.367. The molecule has 1 atom stereocenters. The van der Waals surface area contributed by atoms with Gasteiger partial charge in [0.1, 0.15) is 0 Å². The summed E-state index contributed by atoms with van der Waals surface area (Å²) in [5, 5.41) is 0. The Labute approximate surface area is 213 Å². The van der Waals surface area contributed by atoms with Crippen LogP contribution in [-0.2, 0) is 16.8 Å². The third-order valence-electron chi connectivity index (χ3n) is 6.95. The molecule has 35 heavy (non-hydrogen) atoms. The Morgan fingerprint density at radius 3 is 1.66 bits per heavy atom. The molecule has 3 aromatic rings. The van der Waals surface area contributed by atoms with Crippen molar-refractivity contribution in [1.29, 1.82) is 0 Å². The van der Waals surface area contributed by atoms with E-state index in [0.717, 1.165) is 0 Å². The van der Waals surface area contributed by atoms with Gasteiger partial charge in [0, 0.05) is 50.9 Å². The van der Waals surface area contributed by atoms with Crippen LogP contribution < -0.4 is 9.80 Å². The summed E-state index contributed by atoms with van der Waals surface area (Å²) in [6, 6.07) is 24.3. The Balaban J connectivity index is 0.00000108. The third kappa shape index (κ3) is 5.73. The van der Waals surface area contributed by atoms with Crippen molar-refractivity contribution in [3.63, 3.8) is 0 Å². The molecule has 3 aromatic carbocycles. The molecule has 0 spiro atoms. The van der Waals surface area contributed by atoms with Gasteiger partial charge in [-0.1, -0.05) is 76.6 Å². The molecule has 1 aliphatic carbocycles. The predicted octanol–water partition coefficient (Wildman–Crippen LogP) is 7.61. The predicted molar refractivity (Wildman–Crippen MR) is 152 cm³/mol. The standard InChI is InChI=1S/C29H36N2O.C3H8/c1-20(32-19-21-11-9-8-10-12-21)28-24-15-13-22(30(4)5)17-26(24)29(2,3)27-18-23(31(6)7)14-16-25(27)28;1-3-2/h8-18,20,28H,19H2,1-7H3;3H2,1-2H3. The Morgan fingerprint density at radius 2 is 1.23 bits per heavy atom. The maximum absolute atomic E-state index is 6.48. The number of benzene rings is 3. The minimum atomic E-state index is -0.0850. The van der Waals surface area contributed by atoms with E-state index < -0.39 is 0 Å². The molecule has 0 saturated carbocycles. The van der Waals surface area contributed by atoms with Crippen LogP contribution in [0.3, 0.4) is 0 Å².